The zero-order valence-electron chi connectivity index (χ0n) is 17.3. The van der Waals surface area contributed by atoms with E-state index in [0.717, 1.165) is 22.5 Å². The van der Waals surface area contributed by atoms with Crippen LogP contribution in [0.4, 0.5) is 5.69 Å². The first-order valence-electron chi connectivity index (χ1n) is 9.32. The SMILES string of the molecule is CCCOc1ccc(N(CC(=O)N(C)Cc2ccccc2OC)S(C)(=O)=O)cc1. The van der Waals surface area contributed by atoms with Gasteiger partial charge < -0.3 is 14.4 Å². The van der Waals surface area contributed by atoms with Gasteiger partial charge in [-0.3, -0.25) is 9.10 Å². The van der Waals surface area contributed by atoms with Gasteiger partial charge in [-0.2, -0.15) is 0 Å². The molecule has 0 bridgehead atoms. The summed E-state index contributed by atoms with van der Waals surface area (Å²) in [5.41, 5.74) is 1.25. The molecule has 0 saturated carbocycles. The van der Waals surface area contributed by atoms with Crippen LogP contribution in [0.25, 0.3) is 0 Å². The molecule has 158 valence electrons. The number of rotatable bonds is 10. The summed E-state index contributed by atoms with van der Waals surface area (Å²) in [4.78, 5) is 14.2. The molecule has 0 aliphatic carbocycles. The third-order valence-electron chi connectivity index (χ3n) is 4.30. The average Bonchev–Trinajstić information content (AvgIpc) is 2.70. The van der Waals surface area contributed by atoms with Crippen molar-refractivity contribution in [2.24, 2.45) is 0 Å². The molecule has 2 rings (SSSR count). The van der Waals surface area contributed by atoms with Crippen LogP contribution in [-0.4, -0.2) is 52.8 Å². The van der Waals surface area contributed by atoms with E-state index in [1.807, 2.05) is 31.2 Å². The Morgan fingerprint density at radius 1 is 1.07 bits per heavy atom. The fourth-order valence-electron chi connectivity index (χ4n) is 2.75. The monoisotopic (exact) mass is 420 g/mol. The summed E-state index contributed by atoms with van der Waals surface area (Å²) in [6.45, 7) is 2.61. The maximum atomic E-state index is 12.7. The van der Waals surface area contributed by atoms with Crippen LogP contribution in [0.3, 0.4) is 0 Å². The van der Waals surface area contributed by atoms with Gasteiger partial charge in [-0.05, 0) is 36.8 Å². The van der Waals surface area contributed by atoms with E-state index in [9.17, 15) is 13.2 Å². The van der Waals surface area contributed by atoms with Crippen LogP contribution in [0.2, 0.25) is 0 Å². The molecule has 2 aromatic rings. The standard InChI is InChI=1S/C21H28N2O5S/c1-5-14-28-19-12-10-18(11-13-19)23(29(4,25)26)16-21(24)22(2)15-17-8-6-7-9-20(17)27-3/h6-13H,5,14-16H2,1-4H3. The van der Waals surface area contributed by atoms with Crippen molar-refractivity contribution in [3.8, 4) is 11.5 Å². The van der Waals surface area contributed by atoms with Gasteiger partial charge in [-0.25, -0.2) is 8.42 Å². The zero-order chi connectivity index (χ0) is 21.4. The number of nitrogens with zero attached hydrogens (tertiary/aromatic N) is 2. The molecular weight excluding hydrogens is 392 g/mol. The highest BCUT2D eigenvalue weighted by molar-refractivity contribution is 7.92. The minimum Gasteiger partial charge on any atom is -0.496 e. The highest BCUT2D eigenvalue weighted by Crippen LogP contribution is 2.23. The molecule has 0 fully saturated rings. The van der Waals surface area contributed by atoms with Gasteiger partial charge in [-0.1, -0.05) is 25.1 Å². The van der Waals surface area contributed by atoms with Crippen LogP contribution in [0.15, 0.2) is 48.5 Å². The van der Waals surface area contributed by atoms with Crippen LogP contribution in [0, 0.1) is 0 Å². The Morgan fingerprint density at radius 2 is 1.72 bits per heavy atom. The number of para-hydroxylation sites is 1. The molecule has 8 heteroatoms. The second-order valence-corrected chi connectivity index (χ2v) is 8.58. The van der Waals surface area contributed by atoms with Crippen molar-refractivity contribution in [3.05, 3.63) is 54.1 Å². The Bertz CT molecular complexity index is 913. The van der Waals surface area contributed by atoms with E-state index in [2.05, 4.69) is 0 Å². The van der Waals surface area contributed by atoms with E-state index in [1.54, 1.807) is 38.4 Å². The van der Waals surface area contributed by atoms with Gasteiger partial charge in [0.2, 0.25) is 15.9 Å². The third kappa shape index (κ3) is 6.39. The molecular formula is C21H28N2O5S. The molecule has 0 aliphatic heterocycles. The minimum absolute atomic E-state index is 0.292. The number of benzene rings is 2. The van der Waals surface area contributed by atoms with Crippen LogP contribution >= 0.6 is 0 Å². The summed E-state index contributed by atoms with van der Waals surface area (Å²) in [6, 6.07) is 14.1. The highest BCUT2D eigenvalue weighted by atomic mass is 32.2. The normalized spacial score (nSPS) is 11.0. The minimum atomic E-state index is -3.64. The molecule has 0 spiro atoms. The summed E-state index contributed by atoms with van der Waals surface area (Å²) in [5.74, 6) is 1.01. The van der Waals surface area contributed by atoms with E-state index < -0.39 is 10.0 Å². The lowest BCUT2D eigenvalue weighted by molar-refractivity contribution is -0.128. The number of amides is 1. The Labute approximate surface area is 172 Å². The number of sulfonamides is 1. The quantitative estimate of drug-likeness (QED) is 0.591. The molecule has 0 heterocycles. The summed E-state index contributed by atoms with van der Waals surface area (Å²) >= 11 is 0. The lowest BCUT2D eigenvalue weighted by Crippen LogP contribution is -2.41. The maximum Gasteiger partial charge on any atom is 0.243 e. The summed E-state index contributed by atoms with van der Waals surface area (Å²) in [7, 11) is -0.436. The number of anilines is 1. The van der Waals surface area contributed by atoms with Crippen molar-refractivity contribution in [1.82, 2.24) is 4.90 Å². The number of ether oxygens (including phenoxy) is 2. The largest absolute Gasteiger partial charge is 0.496 e. The molecule has 1 amide bonds. The van der Waals surface area contributed by atoms with Crippen LogP contribution in [0.1, 0.15) is 18.9 Å². The van der Waals surface area contributed by atoms with Gasteiger partial charge in [0.25, 0.3) is 0 Å². The van der Waals surface area contributed by atoms with Crippen molar-refractivity contribution in [2.75, 3.05) is 37.9 Å². The first-order chi connectivity index (χ1) is 13.8. The number of carbonyl (C=O) groups is 1. The second-order valence-electron chi connectivity index (χ2n) is 6.67. The van der Waals surface area contributed by atoms with E-state index in [-0.39, 0.29) is 12.5 Å². The third-order valence-corrected chi connectivity index (χ3v) is 5.44. The molecule has 0 unspecified atom stereocenters. The van der Waals surface area contributed by atoms with E-state index in [4.69, 9.17) is 9.47 Å². The van der Waals surface area contributed by atoms with Crippen LogP contribution in [-0.2, 0) is 21.4 Å². The first kappa shape index (κ1) is 22.5. The van der Waals surface area contributed by atoms with Gasteiger partial charge in [0, 0.05) is 19.2 Å². The van der Waals surface area contributed by atoms with Crippen molar-refractivity contribution in [1.29, 1.82) is 0 Å². The molecule has 0 aliphatic rings. The average molecular weight is 421 g/mol. The fourth-order valence-corrected chi connectivity index (χ4v) is 3.60. The predicted octanol–water partition coefficient (Wildman–Crippen LogP) is 2.91. The Hall–Kier alpha value is -2.74. The summed E-state index contributed by atoms with van der Waals surface area (Å²) in [5, 5.41) is 0. The smallest absolute Gasteiger partial charge is 0.243 e. The molecule has 0 atom stereocenters. The Balaban J connectivity index is 2.14. The zero-order valence-corrected chi connectivity index (χ0v) is 18.1. The number of hydrogen-bond donors (Lipinski definition) is 0. The van der Waals surface area contributed by atoms with E-state index in [1.165, 1.54) is 4.90 Å². The van der Waals surface area contributed by atoms with Crippen molar-refractivity contribution < 1.29 is 22.7 Å². The molecule has 0 aromatic heterocycles. The second kappa shape index (κ2) is 10.2. The van der Waals surface area contributed by atoms with Gasteiger partial charge in [0.1, 0.15) is 18.0 Å². The number of likely N-dealkylation sites (N-methyl/N-ethyl adjacent to an activating group) is 1. The van der Waals surface area contributed by atoms with Crippen molar-refractivity contribution in [3.63, 3.8) is 0 Å². The number of hydrogen-bond acceptors (Lipinski definition) is 5. The number of methoxy groups -OCH3 is 1. The van der Waals surface area contributed by atoms with E-state index >= 15 is 0 Å². The summed E-state index contributed by atoms with van der Waals surface area (Å²) < 4.78 is 36.6. The predicted molar refractivity (Wildman–Crippen MR) is 114 cm³/mol. The molecule has 2 aromatic carbocycles. The Kier molecular flexibility index (Phi) is 7.90. The van der Waals surface area contributed by atoms with Gasteiger partial charge in [-0.15, -0.1) is 0 Å². The Morgan fingerprint density at radius 3 is 2.31 bits per heavy atom. The van der Waals surface area contributed by atoms with Crippen LogP contribution < -0.4 is 13.8 Å². The van der Waals surface area contributed by atoms with Crippen molar-refractivity contribution >= 4 is 21.6 Å². The first-order valence-corrected chi connectivity index (χ1v) is 11.2. The number of carbonyl (C=O) groups excluding carboxylic acids is 1. The van der Waals surface area contributed by atoms with Crippen LogP contribution in [0.5, 0.6) is 11.5 Å². The molecule has 0 radical (unpaired) electrons. The molecule has 0 saturated heterocycles. The van der Waals surface area contributed by atoms with Gasteiger partial charge in [0.05, 0.1) is 25.7 Å². The highest BCUT2D eigenvalue weighted by Gasteiger charge is 2.23. The van der Waals surface area contributed by atoms with Gasteiger partial charge in [0.15, 0.2) is 0 Å². The van der Waals surface area contributed by atoms with E-state index in [0.29, 0.717) is 30.3 Å². The van der Waals surface area contributed by atoms with Gasteiger partial charge >= 0.3 is 0 Å². The lowest BCUT2D eigenvalue weighted by atomic mass is 10.2. The van der Waals surface area contributed by atoms with Crippen molar-refractivity contribution in [2.45, 2.75) is 19.9 Å². The maximum absolute atomic E-state index is 12.7. The topological polar surface area (TPSA) is 76.2 Å². The lowest BCUT2D eigenvalue weighted by Gasteiger charge is -2.25. The fraction of sp³-hybridized carbons (Fsp3) is 0.381. The molecule has 0 N–H and O–H groups in total. The molecule has 7 nitrogen and oxygen atoms in total. The summed E-state index contributed by atoms with van der Waals surface area (Å²) in [6.07, 6.45) is 1.96. The molecule has 29 heavy (non-hydrogen) atoms.